The van der Waals surface area contributed by atoms with Crippen LogP contribution in [0, 0.1) is 0 Å². The van der Waals surface area contributed by atoms with E-state index in [1.807, 2.05) is 0 Å². The van der Waals surface area contributed by atoms with Crippen LogP contribution in [0.1, 0.15) is 51.2 Å². The van der Waals surface area contributed by atoms with Crippen LogP contribution in [0.25, 0.3) is 0 Å². The van der Waals surface area contributed by atoms with Gasteiger partial charge in [-0.25, -0.2) is 0 Å². The average molecular weight is 299 g/mol. The lowest BCUT2D eigenvalue weighted by molar-refractivity contribution is 0.405. The number of benzene rings is 1. The van der Waals surface area contributed by atoms with Gasteiger partial charge in [0, 0.05) is 5.33 Å². The predicted molar refractivity (Wildman–Crippen MR) is 78.5 cm³/mol. The molecule has 0 aliphatic rings. The van der Waals surface area contributed by atoms with E-state index in [-0.39, 0.29) is 5.41 Å². The SMILES string of the molecule is COc1ccc(C(C)(C)C)cc1C(C)CCBr. The third-order valence-corrected chi connectivity index (χ3v) is 3.63. The fraction of sp³-hybridized carbons (Fsp3) is 0.600. The van der Waals surface area contributed by atoms with Crippen LogP contribution in [0.2, 0.25) is 0 Å². The van der Waals surface area contributed by atoms with Crippen molar-refractivity contribution in [3.8, 4) is 5.75 Å². The Bertz CT molecular complexity index is 366. The third kappa shape index (κ3) is 3.74. The van der Waals surface area contributed by atoms with Gasteiger partial charge in [0.25, 0.3) is 0 Å². The standard InChI is InChI=1S/C15H23BrO/c1-11(8-9-16)13-10-12(15(2,3)4)6-7-14(13)17-5/h6-7,10-11H,8-9H2,1-5H3. The number of halogens is 1. The molecule has 0 heterocycles. The van der Waals surface area contributed by atoms with E-state index < -0.39 is 0 Å². The van der Waals surface area contributed by atoms with E-state index in [1.54, 1.807) is 7.11 Å². The molecule has 0 amide bonds. The molecule has 1 atom stereocenters. The van der Waals surface area contributed by atoms with Gasteiger partial charge in [-0.05, 0) is 34.9 Å². The quantitative estimate of drug-likeness (QED) is 0.720. The normalized spacial score (nSPS) is 13.5. The Kier molecular flexibility index (Phi) is 5.05. The maximum Gasteiger partial charge on any atom is 0.122 e. The zero-order chi connectivity index (χ0) is 13.1. The van der Waals surface area contributed by atoms with Gasteiger partial charge in [0.2, 0.25) is 0 Å². The largest absolute Gasteiger partial charge is 0.496 e. The van der Waals surface area contributed by atoms with Crippen molar-refractivity contribution in [3.05, 3.63) is 29.3 Å². The van der Waals surface area contributed by atoms with Gasteiger partial charge >= 0.3 is 0 Å². The maximum absolute atomic E-state index is 5.47. The summed E-state index contributed by atoms with van der Waals surface area (Å²) < 4.78 is 5.47. The van der Waals surface area contributed by atoms with Crippen molar-refractivity contribution < 1.29 is 4.74 Å². The number of hydrogen-bond donors (Lipinski definition) is 0. The van der Waals surface area contributed by atoms with Crippen molar-refractivity contribution in [2.75, 3.05) is 12.4 Å². The molecule has 1 aromatic rings. The summed E-state index contributed by atoms with van der Waals surface area (Å²) in [5, 5.41) is 1.02. The molecule has 1 unspecified atom stereocenters. The van der Waals surface area contributed by atoms with Crippen LogP contribution in [0.15, 0.2) is 18.2 Å². The molecule has 0 spiro atoms. The van der Waals surface area contributed by atoms with Crippen molar-refractivity contribution in [2.24, 2.45) is 0 Å². The Labute approximate surface area is 114 Å². The summed E-state index contributed by atoms with van der Waals surface area (Å²) in [6.07, 6.45) is 1.13. The van der Waals surface area contributed by atoms with Crippen LogP contribution in [-0.4, -0.2) is 12.4 Å². The zero-order valence-electron chi connectivity index (χ0n) is 11.5. The number of ether oxygens (including phenoxy) is 1. The molecule has 0 aromatic heterocycles. The first-order valence-electron chi connectivity index (χ1n) is 6.14. The first-order chi connectivity index (χ1) is 7.90. The van der Waals surface area contributed by atoms with Gasteiger partial charge in [-0.2, -0.15) is 0 Å². The lowest BCUT2D eigenvalue weighted by Gasteiger charge is -2.23. The second kappa shape index (κ2) is 5.90. The second-order valence-corrected chi connectivity index (χ2v) is 6.38. The molecule has 1 nitrogen and oxygen atoms in total. The van der Waals surface area contributed by atoms with Crippen molar-refractivity contribution >= 4 is 15.9 Å². The van der Waals surface area contributed by atoms with Crippen molar-refractivity contribution in [1.29, 1.82) is 0 Å². The summed E-state index contributed by atoms with van der Waals surface area (Å²) in [6.45, 7) is 8.99. The number of hydrogen-bond acceptors (Lipinski definition) is 1. The van der Waals surface area contributed by atoms with Crippen molar-refractivity contribution in [3.63, 3.8) is 0 Å². The summed E-state index contributed by atoms with van der Waals surface area (Å²) in [5.74, 6) is 1.53. The molecule has 1 aromatic carbocycles. The minimum atomic E-state index is 0.190. The van der Waals surface area contributed by atoms with Crippen LogP contribution >= 0.6 is 15.9 Å². The Morgan fingerprint density at radius 3 is 2.41 bits per heavy atom. The molecule has 0 bridgehead atoms. The minimum Gasteiger partial charge on any atom is -0.496 e. The number of alkyl halides is 1. The Balaban J connectivity index is 3.15. The van der Waals surface area contributed by atoms with E-state index in [1.165, 1.54) is 11.1 Å². The summed E-state index contributed by atoms with van der Waals surface area (Å²) in [4.78, 5) is 0. The Hall–Kier alpha value is -0.500. The summed E-state index contributed by atoms with van der Waals surface area (Å²) in [7, 11) is 1.75. The lowest BCUT2D eigenvalue weighted by Crippen LogP contribution is -2.12. The first-order valence-corrected chi connectivity index (χ1v) is 7.26. The van der Waals surface area contributed by atoms with Gasteiger partial charge in [-0.3, -0.25) is 0 Å². The molecule has 96 valence electrons. The van der Waals surface area contributed by atoms with Crippen LogP contribution in [0.3, 0.4) is 0 Å². The van der Waals surface area contributed by atoms with Crippen LogP contribution < -0.4 is 4.74 Å². The summed E-state index contributed by atoms with van der Waals surface area (Å²) in [6, 6.07) is 6.57. The van der Waals surface area contributed by atoms with Crippen LogP contribution in [0.5, 0.6) is 5.75 Å². The van der Waals surface area contributed by atoms with E-state index in [9.17, 15) is 0 Å². The average Bonchev–Trinajstić information content (AvgIpc) is 2.27. The molecule has 2 heteroatoms. The zero-order valence-corrected chi connectivity index (χ0v) is 13.1. The van der Waals surface area contributed by atoms with Crippen LogP contribution in [-0.2, 0) is 5.41 Å². The molecule has 0 radical (unpaired) electrons. The predicted octanol–water partition coefficient (Wildman–Crippen LogP) is 4.88. The summed E-state index contributed by atoms with van der Waals surface area (Å²) in [5.41, 5.74) is 2.88. The van der Waals surface area contributed by atoms with Gasteiger partial charge in [0.15, 0.2) is 0 Å². The smallest absolute Gasteiger partial charge is 0.122 e. The molecule has 0 aliphatic carbocycles. The molecule has 0 saturated carbocycles. The molecular weight excluding hydrogens is 276 g/mol. The molecular formula is C15H23BrO. The van der Waals surface area contributed by atoms with E-state index in [2.05, 4.69) is 61.8 Å². The fourth-order valence-corrected chi connectivity index (χ4v) is 2.59. The third-order valence-electron chi connectivity index (χ3n) is 3.17. The molecule has 1 rings (SSSR count). The highest BCUT2D eigenvalue weighted by molar-refractivity contribution is 9.09. The minimum absolute atomic E-state index is 0.190. The second-order valence-electron chi connectivity index (χ2n) is 5.59. The Morgan fingerprint density at radius 2 is 1.94 bits per heavy atom. The molecule has 0 saturated heterocycles. The topological polar surface area (TPSA) is 9.23 Å². The fourth-order valence-electron chi connectivity index (χ4n) is 1.91. The van der Waals surface area contributed by atoms with Gasteiger partial charge in [0.1, 0.15) is 5.75 Å². The lowest BCUT2D eigenvalue weighted by atomic mass is 9.84. The molecule has 0 aliphatic heterocycles. The van der Waals surface area contributed by atoms with E-state index in [0.717, 1.165) is 17.5 Å². The van der Waals surface area contributed by atoms with Crippen molar-refractivity contribution in [1.82, 2.24) is 0 Å². The van der Waals surface area contributed by atoms with Gasteiger partial charge in [-0.15, -0.1) is 0 Å². The summed E-state index contributed by atoms with van der Waals surface area (Å²) >= 11 is 3.51. The first kappa shape index (κ1) is 14.6. The van der Waals surface area contributed by atoms with E-state index in [4.69, 9.17) is 4.74 Å². The molecule has 0 N–H and O–H groups in total. The van der Waals surface area contributed by atoms with Gasteiger partial charge in [-0.1, -0.05) is 55.8 Å². The monoisotopic (exact) mass is 298 g/mol. The number of rotatable bonds is 4. The number of methoxy groups -OCH3 is 1. The molecule has 0 fully saturated rings. The van der Waals surface area contributed by atoms with E-state index >= 15 is 0 Å². The Morgan fingerprint density at radius 1 is 1.29 bits per heavy atom. The highest BCUT2D eigenvalue weighted by atomic mass is 79.9. The highest BCUT2D eigenvalue weighted by Gasteiger charge is 2.18. The maximum atomic E-state index is 5.47. The van der Waals surface area contributed by atoms with Crippen LogP contribution in [0.4, 0.5) is 0 Å². The highest BCUT2D eigenvalue weighted by Crippen LogP contribution is 2.33. The van der Waals surface area contributed by atoms with Gasteiger partial charge in [0.05, 0.1) is 7.11 Å². The molecule has 17 heavy (non-hydrogen) atoms. The van der Waals surface area contributed by atoms with Gasteiger partial charge < -0.3 is 4.74 Å². The van der Waals surface area contributed by atoms with Crippen molar-refractivity contribution in [2.45, 2.75) is 45.4 Å². The van der Waals surface area contributed by atoms with E-state index in [0.29, 0.717) is 5.92 Å².